The first kappa shape index (κ1) is 18.9. The Bertz CT molecular complexity index is 1050. The maximum Gasteiger partial charge on any atom is 0.257 e. The third-order valence-electron chi connectivity index (χ3n) is 4.58. The Balaban J connectivity index is 1.66. The van der Waals surface area contributed by atoms with Crippen molar-refractivity contribution in [3.05, 3.63) is 90.5 Å². The van der Waals surface area contributed by atoms with Crippen molar-refractivity contribution in [1.82, 2.24) is 4.98 Å². The first-order valence-electron chi connectivity index (χ1n) is 9.32. The molecule has 144 valence electrons. The van der Waals surface area contributed by atoms with E-state index in [1.54, 1.807) is 0 Å². The summed E-state index contributed by atoms with van der Waals surface area (Å²) in [5.74, 6) is -0.164. The van der Waals surface area contributed by atoms with E-state index < -0.39 is 0 Å². The summed E-state index contributed by atoms with van der Waals surface area (Å²) in [4.78, 5) is 20.5. The molecule has 0 aliphatic rings. The molecule has 1 heterocycles. The lowest BCUT2D eigenvalue weighted by molar-refractivity contribution is 0.102. The fraction of sp³-hybridized carbons (Fsp3) is 0.0833. The number of anilines is 2. The molecule has 1 aromatic heterocycles. The Kier molecular flexibility index (Phi) is 5.40. The highest BCUT2D eigenvalue weighted by Crippen LogP contribution is 2.39. The molecule has 0 unspecified atom stereocenters. The number of amides is 1. The van der Waals surface area contributed by atoms with E-state index in [1.165, 1.54) is 11.3 Å². The molecule has 0 saturated heterocycles. The molecule has 3 aromatic carbocycles. The standard InChI is InChI=1S/C24H21N3OS/c1-27(2)20-15-13-19(14-16-20)23(28)26-24-25-21(17-9-5-3-6-10-17)22(29-24)18-11-7-4-8-12-18/h3-16H,1-2H3,(H,25,26,28). The van der Waals surface area contributed by atoms with Gasteiger partial charge in [0.1, 0.15) is 0 Å². The molecule has 4 rings (SSSR count). The topological polar surface area (TPSA) is 45.2 Å². The minimum absolute atomic E-state index is 0.164. The predicted octanol–water partition coefficient (Wildman–Crippen LogP) is 5.80. The molecule has 0 saturated carbocycles. The number of rotatable bonds is 5. The number of thiazole rings is 1. The van der Waals surface area contributed by atoms with Crippen LogP contribution in [0.15, 0.2) is 84.9 Å². The maximum absolute atomic E-state index is 12.7. The molecule has 0 aliphatic heterocycles. The molecule has 0 fully saturated rings. The van der Waals surface area contributed by atoms with Crippen LogP contribution in [0.25, 0.3) is 21.7 Å². The van der Waals surface area contributed by atoms with Crippen LogP contribution in [0, 0.1) is 0 Å². The monoisotopic (exact) mass is 399 g/mol. The lowest BCUT2D eigenvalue weighted by atomic mass is 10.1. The summed E-state index contributed by atoms with van der Waals surface area (Å²) < 4.78 is 0. The third-order valence-corrected chi connectivity index (χ3v) is 5.60. The van der Waals surface area contributed by atoms with E-state index >= 15 is 0 Å². The summed E-state index contributed by atoms with van der Waals surface area (Å²) in [6, 6.07) is 27.7. The predicted molar refractivity (Wildman–Crippen MR) is 122 cm³/mol. The number of nitrogens with zero attached hydrogens (tertiary/aromatic N) is 2. The van der Waals surface area contributed by atoms with Crippen molar-refractivity contribution in [2.24, 2.45) is 0 Å². The number of aromatic nitrogens is 1. The van der Waals surface area contributed by atoms with Crippen molar-refractivity contribution < 1.29 is 4.79 Å². The molecule has 4 nitrogen and oxygen atoms in total. The van der Waals surface area contributed by atoms with Gasteiger partial charge in [-0.3, -0.25) is 10.1 Å². The van der Waals surface area contributed by atoms with Crippen LogP contribution in [0.4, 0.5) is 10.8 Å². The van der Waals surface area contributed by atoms with E-state index in [4.69, 9.17) is 4.98 Å². The van der Waals surface area contributed by atoms with Crippen LogP contribution in [0.1, 0.15) is 10.4 Å². The van der Waals surface area contributed by atoms with Crippen LogP contribution < -0.4 is 10.2 Å². The van der Waals surface area contributed by atoms with Gasteiger partial charge in [-0.05, 0) is 29.8 Å². The Morgan fingerprint density at radius 2 is 1.41 bits per heavy atom. The van der Waals surface area contributed by atoms with Crippen molar-refractivity contribution in [3.63, 3.8) is 0 Å². The zero-order valence-electron chi connectivity index (χ0n) is 16.3. The highest BCUT2D eigenvalue weighted by atomic mass is 32.1. The molecule has 1 N–H and O–H groups in total. The van der Waals surface area contributed by atoms with Gasteiger partial charge >= 0.3 is 0 Å². The molecule has 5 heteroatoms. The maximum atomic E-state index is 12.7. The van der Waals surface area contributed by atoms with Gasteiger partial charge in [0, 0.05) is 30.9 Å². The second kappa shape index (κ2) is 8.29. The van der Waals surface area contributed by atoms with Gasteiger partial charge in [-0.1, -0.05) is 72.0 Å². The first-order chi connectivity index (χ1) is 14.1. The summed E-state index contributed by atoms with van der Waals surface area (Å²) in [5.41, 5.74) is 4.64. The number of benzene rings is 3. The number of carbonyl (C=O) groups excluding carboxylic acids is 1. The van der Waals surface area contributed by atoms with Gasteiger partial charge in [0.2, 0.25) is 0 Å². The van der Waals surface area contributed by atoms with Crippen LogP contribution in [0.2, 0.25) is 0 Å². The average molecular weight is 400 g/mol. The first-order valence-corrected chi connectivity index (χ1v) is 10.1. The van der Waals surface area contributed by atoms with E-state index in [9.17, 15) is 4.79 Å². The Hall–Kier alpha value is -3.44. The smallest absolute Gasteiger partial charge is 0.257 e. The Morgan fingerprint density at radius 3 is 2.00 bits per heavy atom. The zero-order valence-corrected chi connectivity index (χ0v) is 17.1. The molecule has 1 amide bonds. The van der Waals surface area contributed by atoms with Gasteiger partial charge in [0.25, 0.3) is 5.91 Å². The molecule has 0 atom stereocenters. The molecule has 0 bridgehead atoms. The summed E-state index contributed by atoms with van der Waals surface area (Å²) in [6.07, 6.45) is 0. The van der Waals surface area contributed by atoms with Crippen LogP contribution in [-0.2, 0) is 0 Å². The quantitative estimate of drug-likeness (QED) is 0.462. The fourth-order valence-electron chi connectivity index (χ4n) is 3.03. The van der Waals surface area contributed by atoms with Crippen molar-refractivity contribution in [2.45, 2.75) is 0 Å². The van der Waals surface area contributed by atoms with Crippen LogP contribution in [0.5, 0.6) is 0 Å². The lowest BCUT2D eigenvalue weighted by Gasteiger charge is -2.12. The molecular weight excluding hydrogens is 378 g/mol. The second-order valence-electron chi connectivity index (χ2n) is 6.82. The molecule has 0 aliphatic carbocycles. The van der Waals surface area contributed by atoms with Crippen LogP contribution >= 0.6 is 11.3 Å². The lowest BCUT2D eigenvalue weighted by Crippen LogP contribution is -2.13. The normalized spacial score (nSPS) is 10.6. The minimum atomic E-state index is -0.164. The van der Waals surface area contributed by atoms with Gasteiger partial charge in [-0.2, -0.15) is 0 Å². The summed E-state index contributed by atoms with van der Waals surface area (Å²) in [5, 5.41) is 3.55. The van der Waals surface area contributed by atoms with Gasteiger partial charge in [0.15, 0.2) is 5.13 Å². The summed E-state index contributed by atoms with van der Waals surface area (Å²) >= 11 is 1.49. The molecule has 0 radical (unpaired) electrons. The van der Waals surface area contributed by atoms with Gasteiger partial charge < -0.3 is 4.90 Å². The van der Waals surface area contributed by atoms with E-state index in [-0.39, 0.29) is 5.91 Å². The van der Waals surface area contributed by atoms with Crippen molar-refractivity contribution in [3.8, 4) is 21.7 Å². The fourth-order valence-corrected chi connectivity index (χ4v) is 4.02. The van der Waals surface area contributed by atoms with Gasteiger partial charge in [0.05, 0.1) is 10.6 Å². The zero-order chi connectivity index (χ0) is 20.2. The highest BCUT2D eigenvalue weighted by molar-refractivity contribution is 7.19. The third kappa shape index (κ3) is 4.20. The van der Waals surface area contributed by atoms with E-state index in [0.29, 0.717) is 10.7 Å². The summed E-state index contributed by atoms with van der Waals surface area (Å²) in [7, 11) is 3.95. The van der Waals surface area contributed by atoms with Crippen LogP contribution in [0.3, 0.4) is 0 Å². The average Bonchev–Trinajstić information content (AvgIpc) is 3.19. The van der Waals surface area contributed by atoms with Crippen molar-refractivity contribution in [1.29, 1.82) is 0 Å². The van der Waals surface area contributed by atoms with Crippen molar-refractivity contribution >= 4 is 28.1 Å². The Morgan fingerprint density at radius 1 is 0.828 bits per heavy atom. The summed E-state index contributed by atoms with van der Waals surface area (Å²) in [6.45, 7) is 0. The highest BCUT2D eigenvalue weighted by Gasteiger charge is 2.17. The molecule has 4 aromatic rings. The second-order valence-corrected chi connectivity index (χ2v) is 7.82. The number of hydrogen-bond acceptors (Lipinski definition) is 4. The molecule has 0 spiro atoms. The largest absolute Gasteiger partial charge is 0.378 e. The van der Waals surface area contributed by atoms with E-state index in [0.717, 1.165) is 27.4 Å². The SMILES string of the molecule is CN(C)c1ccc(C(=O)Nc2nc(-c3ccccc3)c(-c3ccccc3)s2)cc1. The number of carbonyl (C=O) groups is 1. The van der Waals surface area contributed by atoms with E-state index in [2.05, 4.69) is 17.4 Å². The minimum Gasteiger partial charge on any atom is -0.378 e. The van der Waals surface area contributed by atoms with Gasteiger partial charge in [-0.25, -0.2) is 4.98 Å². The number of hydrogen-bond donors (Lipinski definition) is 1. The molecule has 29 heavy (non-hydrogen) atoms. The van der Waals surface area contributed by atoms with E-state index in [1.807, 2.05) is 91.8 Å². The number of nitrogens with one attached hydrogen (secondary N) is 1. The van der Waals surface area contributed by atoms with Crippen molar-refractivity contribution in [2.75, 3.05) is 24.3 Å². The van der Waals surface area contributed by atoms with Gasteiger partial charge in [-0.15, -0.1) is 0 Å². The Labute approximate surface area is 174 Å². The molecular formula is C24H21N3OS. The van der Waals surface area contributed by atoms with Crippen LogP contribution in [-0.4, -0.2) is 25.0 Å².